The van der Waals surface area contributed by atoms with E-state index >= 15 is 0 Å². The minimum Gasteiger partial charge on any atom is -0.411 e. The Balaban J connectivity index is 2.92. The Kier molecular flexibility index (Phi) is 2.60. The lowest BCUT2D eigenvalue weighted by atomic mass is 10.9. The first-order valence-electron chi connectivity index (χ1n) is 0.951. The van der Waals surface area contributed by atoms with Gasteiger partial charge in [0.15, 0.2) is 0 Å². The zero-order valence-electron chi connectivity index (χ0n) is 2.38. The van der Waals surface area contributed by atoms with E-state index in [0.29, 0.717) is 6.21 Å². The summed E-state index contributed by atoms with van der Waals surface area (Å²) in [5.41, 5.74) is 0. The van der Waals surface area contributed by atoms with Gasteiger partial charge in [0.2, 0.25) is 6.29 Å². The smallest absolute Gasteiger partial charge is 0.248 e. The third-order valence-corrected chi connectivity index (χ3v) is 0.110. The van der Waals surface area contributed by atoms with Gasteiger partial charge in [0.05, 0.1) is 0 Å². The van der Waals surface area contributed by atoms with Crippen molar-refractivity contribution in [2.75, 3.05) is 0 Å². The van der Waals surface area contributed by atoms with Gasteiger partial charge in [-0.25, -0.2) is 0 Å². The van der Waals surface area contributed by atoms with Crippen molar-refractivity contribution in [3.63, 3.8) is 0 Å². The molecule has 0 amide bonds. The Morgan fingerprint density at radius 3 is 2.60 bits per heavy atom. The highest BCUT2D eigenvalue weighted by Crippen LogP contribution is 1.36. The van der Waals surface area contributed by atoms with Crippen LogP contribution in [0.2, 0.25) is 0 Å². The molecule has 0 fully saturated rings. The fraction of sp³-hybridized carbons (Fsp3) is 0. The summed E-state index contributed by atoms with van der Waals surface area (Å²) < 4.78 is 0. The van der Waals surface area contributed by atoms with Gasteiger partial charge < -0.3 is 5.21 Å². The molecule has 0 aliphatic heterocycles. The van der Waals surface area contributed by atoms with Crippen LogP contribution in [0.4, 0.5) is 0 Å². The van der Waals surface area contributed by atoms with E-state index in [4.69, 9.17) is 10.0 Å². The van der Waals surface area contributed by atoms with Crippen LogP contribution in [0.3, 0.4) is 0 Å². The van der Waals surface area contributed by atoms with Gasteiger partial charge in [0, 0.05) is 0 Å². The van der Waals surface area contributed by atoms with Crippen LogP contribution in [0.5, 0.6) is 0 Å². The van der Waals surface area contributed by atoms with Gasteiger partial charge in [-0.15, -0.1) is 0 Å². The largest absolute Gasteiger partial charge is 0.411 e. The average molecular weight is 72.0 g/mol. The van der Waals surface area contributed by atoms with Crippen molar-refractivity contribution < 1.29 is 10.0 Å². The first-order valence-corrected chi connectivity index (χ1v) is 0.951. The van der Waals surface area contributed by atoms with Crippen LogP contribution in [0.15, 0.2) is 5.16 Å². The Labute approximate surface area is 28.9 Å². The van der Waals surface area contributed by atoms with Gasteiger partial charge >= 0.3 is 0 Å². The van der Waals surface area contributed by atoms with Crippen molar-refractivity contribution >= 4 is 12.5 Å². The van der Waals surface area contributed by atoms with E-state index in [0.717, 1.165) is 0 Å². The summed E-state index contributed by atoms with van der Waals surface area (Å²) in [6.07, 6.45) is 1.85. The van der Waals surface area contributed by atoms with Gasteiger partial charge in [-0.05, 0) is 0 Å². The summed E-state index contributed by atoms with van der Waals surface area (Å²) in [6.45, 7) is 0. The fourth-order valence-electron chi connectivity index (χ4n) is 0.0236. The number of hydrogen-bond donors (Lipinski definition) is 1. The van der Waals surface area contributed by atoms with Crippen molar-refractivity contribution in [1.29, 1.82) is 0 Å². The molecule has 0 bridgehead atoms. The summed E-state index contributed by atoms with van der Waals surface area (Å²) in [6, 6.07) is 0. The normalized spacial score (nSPS) is 8.80. The molecule has 0 saturated carbocycles. The van der Waals surface area contributed by atoms with Crippen molar-refractivity contribution in [2.45, 2.75) is 0 Å². The predicted octanol–water partition coefficient (Wildman–Crippen LogP) is -0.444. The minimum absolute atomic E-state index is 0.625. The molecule has 3 heteroatoms. The number of hydrogen-bond acceptors (Lipinski definition) is 3. The van der Waals surface area contributed by atoms with Crippen LogP contribution in [0, 0.1) is 0 Å². The number of nitrogens with zero attached hydrogens (tertiary/aromatic N) is 1. The van der Waals surface area contributed by atoms with E-state index in [1.165, 1.54) is 6.29 Å². The Morgan fingerprint density at radius 2 is 2.60 bits per heavy atom. The van der Waals surface area contributed by atoms with Crippen LogP contribution in [-0.4, -0.2) is 17.7 Å². The molecule has 0 unspecified atom stereocenters. The highest BCUT2D eigenvalue weighted by atomic mass is 16.4. The fourth-order valence-corrected chi connectivity index (χ4v) is 0.0236. The maximum atomic E-state index is 8.97. The molecule has 3 nitrogen and oxygen atoms in total. The van der Waals surface area contributed by atoms with Gasteiger partial charge in [0.1, 0.15) is 6.21 Å². The molecule has 5 heavy (non-hydrogen) atoms. The van der Waals surface area contributed by atoms with Crippen molar-refractivity contribution in [3.05, 3.63) is 0 Å². The molecule has 0 aliphatic rings. The number of rotatable bonds is 1. The molecule has 0 spiro atoms. The standard InChI is InChI=1S/C2H2NO2/c4-2-1-3-5/h1,5H/b3-1-. The average Bonchev–Trinajstić information content (AvgIpc) is 1.41. The molecule has 0 aliphatic carbocycles. The molecule has 0 saturated heterocycles. The van der Waals surface area contributed by atoms with Gasteiger partial charge in [-0.2, -0.15) is 0 Å². The van der Waals surface area contributed by atoms with Crippen LogP contribution < -0.4 is 0 Å². The molecule has 1 N–H and O–H groups in total. The maximum Gasteiger partial charge on any atom is 0.248 e. The summed E-state index contributed by atoms with van der Waals surface area (Å²) >= 11 is 0. The second kappa shape index (κ2) is 3.14. The Hall–Kier alpha value is -0.860. The van der Waals surface area contributed by atoms with Crippen LogP contribution in [-0.2, 0) is 4.79 Å². The summed E-state index contributed by atoms with van der Waals surface area (Å²) in [7, 11) is 0. The lowest BCUT2D eigenvalue weighted by Gasteiger charge is -1.53. The molecule has 0 atom stereocenters. The van der Waals surface area contributed by atoms with Crippen molar-refractivity contribution in [2.24, 2.45) is 5.16 Å². The molecule has 0 heterocycles. The van der Waals surface area contributed by atoms with Gasteiger partial charge in [-0.1, -0.05) is 5.16 Å². The SMILES string of the molecule is O=[C]/C=N\O. The van der Waals surface area contributed by atoms with Gasteiger partial charge in [0.25, 0.3) is 0 Å². The second-order valence-electron chi connectivity index (χ2n) is 0.362. The molecule has 0 aromatic carbocycles. The van der Waals surface area contributed by atoms with E-state index in [-0.39, 0.29) is 0 Å². The minimum atomic E-state index is 0.625. The Morgan fingerprint density at radius 1 is 2.00 bits per heavy atom. The van der Waals surface area contributed by atoms with Crippen molar-refractivity contribution in [1.82, 2.24) is 0 Å². The first-order chi connectivity index (χ1) is 2.41. The molecule has 0 aromatic rings. The lowest BCUT2D eigenvalue weighted by Crippen LogP contribution is -1.66. The maximum absolute atomic E-state index is 8.97. The summed E-state index contributed by atoms with van der Waals surface area (Å²) in [5.74, 6) is 0. The second-order valence-corrected chi connectivity index (χ2v) is 0.362. The van der Waals surface area contributed by atoms with E-state index in [9.17, 15) is 0 Å². The molecular weight excluding hydrogens is 70.0 g/mol. The summed E-state index contributed by atoms with van der Waals surface area (Å²) in [4.78, 5) is 8.97. The van der Waals surface area contributed by atoms with Crippen LogP contribution >= 0.6 is 0 Å². The third-order valence-electron chi connectivity index (χ3n) is 0.110. The third kappa shape index (κ3) is 3.14. The molecule has 27 valence electrons. The molecule has 0 rings (SSSR count). The quantitative estimate of drug-likeness (QED) is 0.259. The highest BCUT2D eigenvalue weighted by molar-refractivity contribution is 6.12. The first kappa shape index (κ1) is 4.14. The molecule has 0 aromatic heterocycles. The van der Waals surface area contributed by atoms with Crippen molar-refractivity contribution in [3.8, 4) is 0 Å². The Bertz CT molecular complexity index is 49.6. The molecular formula is C2H2NO2. The zero-order valence-corrected chi connectivity index (χ0v) is 2.38. The van der Waals surface area contributed by atoms with E-state index < -0.39 is 0 Å². The number of oxime groups is 1. The topological polar surface area (TPSA) is 49.7 Å². The zero-order chi connectivity index (χ0) is 4.12. The number of carbonyl (C=O) groups excluding carboxylic acids is 1. The summed E-state index contributed by atoms with van der Waals surface area (Å²) in [5, 5.41) is 9.68. The monoisotopic (exact) mass is 72.0 g/mol. The lowest BCUT2D eigenvalue weighted by molar-refractivity contribution is 0.322. The predicted molar refractivity (Wildman–Crippen MR) is 16.0 cm³/mol. The van der Waals surface area contributed by atoms with Crippen LogP contribution in [0.1, 0.15) is 0 Å². The highest BCUT2D eigenvalue weighted by Gasteiger charge is 1.54. The van der Waals surface area contributed by atoms with E-state index in [2.05, 4.69) is 5.16 Å². The van der Waals surface area contributed by atoms with Crippen LogP contribution in [0.25, 0.3) is 0 Å². The molecule has 1 radical (unpaired) electrons. The van der Waals surface area contributed by atoms with E-state index in [1.807, 2.05) is 0 Å². The van der Waals surface area contributed by atoms with E-state index in [1.54, 1.807) is 0 Å². The van der Waals surface area contributed by atoms with Gasteiger partial charge in [-0.3, -0.25) is 4.79 Å².